The predicted octanol–water partition coefficient (Wildman–Crippen LogP) is -0.0312. The van der Waals surface area contributed by atoms with Gasteiger partial charge in [0.05, 0.1) is 39.6 Å². The highest BCUT2D eigenvalue weighted by atomic mass is 16.7. The maximum Gasteiger partial charge on any atom is 0.187 e. The van der Waals surface area contributed by atoms with Crippen LogP contribution in [0.25, 0.3) is 0 Å². The summed E-state index contributed by atoms with van der Waals surface area (Å²) in [6.45, 7) is -0.842. The lowest BCUT2D eigenvalue weighted by Crippen LogP contribution is -2.59. The van der Waals surface area contributed by atoms with E-state index in [4.69, 9.17) is 23.7 Å². The zero-order chi connectivity index (χ0) is 27.6. The molecule has 4 rings (SSSR count). The molecule has 38 heavy (non-hydrogen) atoms. The largest absolute Gasteiger partial charge is 0.504 e. The summed E-state index contributed by atoms with van der Waals surface area (Å²) in [7, 11) is 2.80. The van der Waals surface area contributed by atoms with Gasteiger partial charge in [-0.1, -0.05) is 12.1 Å². The number of phenols is 2. The first kappa shape index (κ1) is 28.3. The number of methoxy groups -OCH3 is 2. The highest BCUT2D eigenvalue weighted by Crippen LogP contribution is 2.48. The Bertz CT molecular complexity index is 1080. The molecule has 0 aromatic heterocycles. The molecule has 2 heterocycles. The van der Waals surface area contributed by atoms with E-state index in [1.807, 2.05) is 0 Å². The molecule has 0 bridgehead atoms. The van der Waals surface area contributed by atoms with E-state index >= 15 is 0 Å². The van der Waals surface area contributed by atoms with Crippen LogP contribution in [0.4, 0.5) is 0 Å². The topological polar surface area (TPSA) is 188 Å². The first-order chi connectivity index (χ1) is 18.2. The van der Waals surface area contributed by atoms with Crippen LogP contribution < -0.4 is 9.47 Å². The molecule has 2 aliphatic heterocycles. The van der Waals surface area contributed by atoms with E-state index in [2.05, 4.69) is 0 Å². The van der Waals surface area contributed by atoms with Crippen molar-refractivity contribution in [3.63, 3.8) is 0 Å². The fraction of sp³-hybridized carbons (Fsp3) is 0.538. The molecular weight excluding hydrogens is 504 g/mol. The van der Waals surface area contributed by atoms with Gasteiger partial charge in [0.15, 0.2) is 29.3 Å². The van der Waals surface area contributed by atoms with Crippen molar-refractivity contribution >= 4 is 0 Å². The third-order valence-electron chi connectivity index (χ3n) is 7.20. The van der Waals surface area contributed by atoms with Crippen LogP contribution >= 0.6 is 0 Å². The van der Waals surface area contributed by atoms with E-state index in [0.29, 0.717) is 11.1 Å². The Kier molecular flexibility index (Phi) is 8.96. The van der Waals surface area contributed by atoms with Crippen molar-refractivity contribution in [2.24, 2.45) is 11.8 Å². The number of hydrogen-bond acceptors (Lipinski definition) is 12. The number of rotatable bonds is 9. The molecule has 2 fully saturated rings. The summed E-state index contributed by atoms with van der Waals surface area (Å²) in [5.74, 6) is -0.845. The highest BCUT2D eigenvalue weighted by molar-refractivity contribution is 5.44. The first-order valence-electron chi connectivity index (χ1n) is 12.2. The third-order valence-corrected chi connectivity index (χ3v) is 7.20. The summed E-state index contributed by atoms with van der Waals surface area (Å²) in [6.07, 6.45) is -9.03. The summed E-state index contributed by atoms with van der Waals surface area (Å²) in [4.78, 5) is 0. The molecule has 2 saturated heterocycles. The van der Waals surface area contributed by atoms with Crippen molar-refractivity contribution in [2.75, 3.05) is 34.0 Å². The average molecular weight is 539 g/mol. The maximum absolute atomic E-state index is 10.6. The van der Waals surface area contributed by atoms with Gasteiger partial charge in [-0.2, -0.15) is 0 Å². The van der Waals surface area contributed by atoms with E-state index in [1.54, 1.807) is 18.2 Å². The number of benzene rings is 2. The number of phenolic OH excluding ortho intramolecular Hbond substituents is 2. The SMILES string of the molecule is COc1cc([C@@H](O[C@H]2O[C@H](CO)[C@@H](O)[C@H](O)[C@H]2O)[C@@H]2CO[C@@H](c3ccc(O)c(OC)c3)[C@H]2CO)ccc1O. The van der Waals surface area contributed by atoms with Crippen LogP contribution in [0.15, 0.2) is 36.4 Å². The maximum atomic E-state index is 10.6. The van der Waals surface area contributed by atoms with Crippen LogP contribution in [-0.2, 0) is 14.2 Å². The third kappa shape index (κ3) is 5.40. The Morgan fingerprint density at radius 2 is 1.53 bits per heavy atom. The summed E-state index contributed by atoms with van der Waals surface area (Å²) in [6, 6.07) is 9.26. The van der Waals surface area contributed by atoms with Gasteiger partial charge < -0.3 is 59.4 Å². The smallest absolute Gasteiger partial charge is 0.187 e. The van der Waals surface area contributed by atoms with Crippen molar-refractivity contribution in [2.45, 2.75) is 42.9 Å². The molecule has 12 nitrogen and oxygen atoms in total. The van der Waals surface area contributed by atoms with Crippen LogP contribution in [0.5, 0.6) is 23.0 Å². The molecule has 12 heteroatoms. The van der Waals surface area contributed by atoms with Gasteiger partial charge in [0.1, 0.15) is 24.4 Å². The number of aromatic hydroxyl groups is 2. The summed E-state index contributed by atoms with van der Waals surface area (Å²) in [5, 5.41) is 71.2. The van der Waals surface area contributed by atoms with Gasteiger partial charge in [-0.3, -0.25) is 0 Å². The number of ether oxygens (including phenoxy) is 5. The van der Waals surface area contributed by atoms with E-state index in [9.17, 15) is 35.7 Å². The van der Waals surface area contributed by atoms with Crippen LogP contribution in [-0.4, -0.2) is 100 Å². The van der Waals surface area contributed by atoms with E-state index < -0.39 is 61.4 Å². The average Bonchev–Trinajstić information content (AvgIpc) is 3.36. The molecule has 2 aromatic carbocycles. The monoisotopic (exact) mass is 538 g/mol. The number of hydrogen-bond donors (Lipinski definition) is 7. The van der Waals surface area contributed by atoms with Crippen LogP contribution in [0, 0.1) is 11.8 Å². The second-order valence-electron chi connectivity index (χ2n) is 9.38. The Morgan fingerprint density at radius 3 is 2.16 bits per heavy atom. The molecule has 7 N–H and O–H groups in total. The van der Waals surface area contributed by atoms with Gasteiger partial charge >= 0.3 is 0 Å². The molecule has 2 aliphatic rings. The molecule has 0 radical (unpaired) electrons. The lowest BCUT2D eigenvalue weighted by molar-refractivity contribution is -0.317. The minimum absolute atomic E-state index is 0.0497. The minimum atomic E-state index is -1.65. The molecule has 0 aliphatic carbocycles. The zero-order valence-corrected chi connectivity index (χ0v) is 21.0. The zero-order valence-electron chi connectivity index (χ0n) is 21.0. The lowest BCUT2D eigenvalue weighted by Gasteiger charge is -2.42. The standard InChI is InChI=1S/C26H34O12/c1-34-18-7-12(3-5-16(18)29)24-14(9-27)15(11-36-24)25(13-4-6-17(30)19(8-13)35-2)38-26-23(33)22(32)21(31)20(10-28)37-26/h3-8,14-15,20-33H,9-11H2,1-2H3/t14-,15+,20+,21+,22-,23+,24-,25+,26+/m0/s1. The van der Waals surface area contributed by atoms with Gasteiger partial charge in [-0.25, -0.2) is 0 Å². The minimum Gasteiger partial charge on any atom is -0.504 e. The number of aliphatic hydroxyl groups is 5. The van der Waals surface area contributed by atoms with Gasteiger partial charge in [-0.15, -0.1) is 0 Å². The lowest BCUT2D eigenvalue weighted by atomic mass is 9.82. The summed E-state index contributed by atoms with van der Waals surface area (Å²) in [5.41, 5.74) is 1.14. The second-order valence-corrected chi connectivity index (χ2v) is 9.38. The van der Waals surface area contributed by atoms with E-state index in [1.165, 1.54) is 32.4 Å². The Balaban J connectivity index is 1.70. The predicted molar refractivity (Wildman–Crippen MR) is 130 cm³/mol. The highest BCUT2D eigenvalue weighted by Gasteiger charge is 2.48. The van der Waals surface area contributed by atoms with Gasteiger partial charge in [0, 0.05) is 18.4 Å². The fourth-order valence-corrected chi connectivity index (χ4v) is 5.07. The molecule has 0 spiro atoms. The Labute approximate surface area is 219 Å². The van der Waals surface area contributed by atoms with Crippen LogP contribution in [0.2, 0.25) is 0 Å². The van der Waals surface area contributed by atoms with Crippen molar-refractivity contribution < 1.29 is 59.4 Å². The molecule has 0 amide bonds. The van der Waals surface area contributed by atoms with Gasteiger partial charge in [0.25, 0.3) is 0 Å². The normalized spacial score (nSPS) is 32.2. The molecule has 0 unspecified atom stereocenters. The molecule has 0 saturated carbocycles. The number of aliphatic hydroxyl groups excluding tert-OH is 5. The van der Waals surface area contributed by atoms with Crippen molar-refractivity contribution in [1.82, 2.24) is 0 Å². The molecule has 2 aromatic rings. The van der Waals surface area contributed by atoms with Crippen molar-refractivity contribution in [3.05, 3.63) is 47.5 Å². The van der Waals surface area contributed by atoms with Crippen molar-refractivity contribution in [1.29, 1.82) is 0 Å². The second kappa shape index (κ2) is 12.0. The summed E-state index contributed by atoms with van der Waals surface area (Å²) >= 11 is 0. The van der Waals surface area contributed by atoms with Crippen molar-refractivity contribution in [3.8, 4) is 23.0 Å². The summed E-state index contributed by atoms with van der Waals surface area (Å²) < 4.78 is 28.3. The van der Waals surface area contributed by atoms with E-state index in [-0.39, 0.29) is 36.2 Å². The van der Waals surface area contributed by atoms with Crippen LogP contribution in [0.1, 0.15) is 23.3 Å². The molecular formula is C26H34O12. The molecule has 9 atom stereocenters. The Morgan fingerprint density at radius 1 is 0.868 bits per heavy atom. The van der Waals surface area contributed by atoms with E-state index in [0.717, 1.165) is 0 Å². The quantitative estimate of drug-likeness (QED) is 0.226. The van der Waals surface area contributed by atoms with Crippen LogP contribution in [0.3, 0.4) is 0 Å². The first-order valence-corrected chi connectivity index (χ1v) is 12.2. The Hall–Kier alpha value is -2.68. The van der Waals surface area contributed by atoms with Gasteiger partial charge in [0.2, 0.25) is 0 Å². The molecule has 210 valence electrons. The fourth-order valence-electron chi connectivity index (χ4n) is 5.07. The van der Waals surface area contributed by atoms with Gasteiger partial charge in [-0.05, 0) is 35.4 Å².